The molecule has 4 nitrogen and oxygen atoms in total. The maximum absolute atomic E-state index is 11.4. The number of amides is 1. The number of hydrogen-bond acceptors (Lipinski definition) is 2. The minimum atomic E-state index is -1.28. The van der Waals surface area contributed by atoms with Crippen LogP contribution in [0.4, 0.5) is 0 Å². The first-order chi connectivity index (χ1) is 6.86. The third kappa shape index (κ3) is 2.47. The molecule has 16 heavy (non-hydrogen) atoms. The highest BCUT2D eigenvalue weighted by atomic mass is 16.4. The lowest BCUT2D eigenvalue weighted by molar-refractivity contribution is -0.144. The SMILES string of the molecule is BC(C)(C)C(B)(B)C(B)(NC(C)=O)C(=O)O. The van der Waals surface area contributed by atoms with Crippen molar-refractivity contribution in [2.24, 2.45) is 0 Å². The van der Waals surface area contributed by atoms with Crippen LogP contribution in [0.1, 0.15) is 20.8 Å². The highest BCUT2D eigenvalue weighted by Crippen LogP contribution is 2.50. The van der Waals surface area contributed by atoms with E-state index in [0.717, 1.165) is 0 Å². The lowest BCUT2D eigenvalue weighted by Crippen LogP contribution is -2.65. The summed E-state index contributed by atoms with van der Waals surface area (Å²) in [6, 6.07) is 0. The molecule has 2 N–H and O–H groups in total. The molecule has 0 aromatic heterocycles. The molecule has 1 unspecified atom stereocenters. The summed E-state index contributed by atoms with van der Waals surface area (Å²) in [5.74, 6) is -1.34. The Hall–Kier alpha value is -0.800. The smallest absolute Gasteiger partial charge is 0.319 e. The Morgan fingerprint density at radius 1 is 1.12 bits per heavy atom. The van der Waals surface area contributed by atoms with E-state index in [1.807, 2.05) is 37.4 Å². The first-order valence-electron chi connectivity index (χ1n) is 5.38. The minimum absolute atomic E-state index is 0.247. The molecular formula is C8H19B4NO3. The summed E-state index contributed by atoms with van der Waals surface area (Å²) < 4.78 is 0. The topological polar surface area (TPSA) is 66.4 Å². The normalized spacial score (nSPS) is 16.2. The van der Waals surface area contributed by atoms with Crippen LogP contribution < -0.4 is 5.32 Å². The van der Waals surface area contributed by atoms with Gasteiger partial charge in [-0.3, -0.25) is 9.59 Å². The molecule has 0 aromatic carbocycles. The van der Waals surface area contributed by atoms with Crippen LogP contribution >= 0.6 is 0 Å². The average molecular weight is 220 g/mol. The maximum atomic E-state index is 11.4. The number of aliphatic carboxylic acids is 1. The fraction of sp³-hybridized carbons (Fsp3) is 0.750. The number of carbonyl (C=O) groups excluding carboxylic acids is 1. The Labute approximate surface area is 101 Å². The van der Waals surface area contributed by atoms with Gasteiger partial charge in [0.05, 0.1) is 5.44 Å². The molecule has 0 radical (unpaired) electrons. The summed E-state index contributed by atoms with van der Waals surface area (Å²) in [6.07, 6.45) is 0. The Kier molecular flexibility index (Phi) is 4.01. The van der Waals surface area contributed by atoms with Crippen molar-refractivity contribution in [3.63, 3.8) is 0 Å². The van der Waals surface area contributed by atoms with E-state index >= 15 is 0 Å². The maximum Gasteiger partial charge on any atom is 0.319 e. The largest absolute Gasteiger partial charge is 0.480 e. The molecule has 0 saturated heterocycles. The predicted octanol–water partition coefficient (Wildman–Crippen LogP) is -3.25. The van der Waals surface area contributed by atoms with Gasteiger partial charge in [-0.25, -0.2) is 0 Å². The highest BCUT2D eigenvalue weighted by Gasteiger charge is 2.52. The molecule has 0 fully saturated rings. The van der Waals surface area contributed by atoms with Gasteiger partial charge in [0.25, 0.3) is 0 Å². The van der Waals surface area contributed by atoms with E-state index in [1.165, 1.54) is 6.92 Å². The predicted molar refractivity (Wildman–Crippen MR) is 75.1 cm³/mol. The fourth-order valence-corrected chi connectivity index (χ4v) is 1.58. The summed E-state index contributed by atoms with van der Waals surface area (Å²) >= 11 is 0. The van der Waals surface area contributed by atoms with E-state index < -0.39 is 16.6 Å². The molecule has 0 aliphatic heterocycles. The zero-order valence-corrected chi connectivity index (χ0v) is 11.3. The van der Waals surface area contributed by atoms with E-state index in [2.05, 4.69) is 5.32 Å². The third-order valence-corrected chi connectivity index (χ3v) is 3.98. The van der Waals surface area contributed by atoms with Gasteiger partial charge in [-0.2, -0.15) is 0 Å². The Morgan fingerprint density at radius 2 is 1.50 bits per heavy atom. The molecule has 1 amide bonds. The first-order valence-corrected chi connectivity index (χ1v) is 5.38. The monoisotopic (exact) mass is 221 g/mol. The Morgan fingerprint density at radius 3 is 1.69 bits per heavy atom. The van der Waals surface area contributed by atoms with Gasteiger partial charge >= 0.3 is 5.97 Å². The zero-order chi connectivity index (χ0) is 13.4. The van der Waals surface area contributed by atoms with Crippen molar-refractivity contribution in [3.8, 4) is 0 Å². The molecule has 0 rings (SSSR count). The van der Waals surface area contributed by atoms with Crippen molar-refractivity contribution in [1.82, 2.24) is 5.32 Å². The number of nitrogens with one attached hydrogen (secondary N) is 1. The van der Waals surface area contributed by atoms with E-state index in [1.54, 1.807) is 7.85 Å². The molecule has 0 aromatic rings. The van der Waals surface area contributed by atoms with Gasteiger partial charge in [-0.15, -0.1) is 0 Å². The van der Waals surface area contributed by atoms with Gasteiger partial charge in [0.15, 0.2) is 0 Å². The summed E-state index contributed by atoms with van der Waals surface area (Å²) in [6.45, 7) is 5.27. The van der Waals surface area contributed by atoms with Crippen molar-refractivity contribution >= 4 is 43.3 Å². The summed E-state index contributed by atoms with van der Waals surface area (Å²) in [7, 11) is 7.24. The number of rotatable bonds is 4. The van der Waals surface area contributed by atoms with Gasteiger partial charge in [-0.1, -0.05) is 24.4 Å². The Bertz CT molecular complexity index is 313. The first kappa shape index (κ1) is 15.2. The minimum Gasteiger partial charge on any atom is -0.480 e. The van der Waals surface area contributed by atoms with Gasteiger partial charge < -0.3 is 10.4 Å². The lowest BCUT2D eigenvalue weighted by Gasteiger charge is -2.50. The van der Waals surface area contributed by atoms with Gasteiger partial charge in [0.2, 0.25) is 5.91 Å². The van der Waals surface area contributed by atoms with Crippen molar-refractivity contribution in [2.45, 2.75) is 36.7 Å². The molecule has 0 aliphatic carbocycles. The van der Waals surface area contributed by atoms with Crippen LogP contribution in [0.5, 0.6) is 0 Å². The molecule has 0 saturated carbocycles. The van der Waals surface area contributed by atoms with Crippen LogP contribution in [0.2, 0.25) is 10.5 Å². The Balaban J connectivity index is 5.53. The molecule has 8 heteroatoms. The van der Waals surface area contributed by atoms with Crippen LogP contribution in [-0.2, 0) is 9.59 Å². The quantitative estimate of drug-likeness (QED) is 0.489. The van der Waals surface area contributed by atoms with Crippen LogP contribution in [-0.4, -0.2) is 53.8 Å². The van der Waals surface area contributed by atoms with Crippen LogP contribution in [0, 0.1) is 0 Å². The number of carbonyl (C=O) groups is 2. The van der Waals surface area contributed by atoms with Crippen molar-refractivity contribution < 1.29 is 14.7 Å². The molecule has 1 atom stereocenters. The van der Waals surface area contributed by atoms with E-state index in [4.69, 9.17) is 0 Å². The fourth-order valence-electron chi connectivity index (χ4n) is 1.58. The third-order valence-electron chi connectivity index (χ3n) is 3.98. The van der Waals surface area contributed by atoms with Crippen LogP contribution in [0.25, 0.3) is 0 Å². The molecule has 86 valence electrons. The summed E-state index contributed by atoms with van der Waals surface area (Å²) in [5, 5.41) is 11.1. The number of carboxylic acids is 1. The lowest BCUT2D eigenvalue weighted by atomic mass is 9.28. The van der Waals surface area contributed by atoms with Gasteiger partial charge in [-0.05, 0) is 0 Å². The van der Waals surface area contributed by atoms with Crippen molar-refractivity contribution in [2.75, 3.05) is 0 Å². The van der Waals surface area contributed by atoms with Crippen LogP contribution in [0.3, 0.4) is 0 Å². The van der Waals surface area contributed by atoms with Crippen LogP contribution in [0.15, 0.2) is 0 Å². The molecule has 0 heterocycles. The zero-order valence-electron chi connectivity index (χ0n) is 11.3. The van der Waals surface area contributed by atoms with E-state index in [0.29, 0.717) is 0 Å². The second-order valence-corrected chi connectivity index (χ2v) is 5.99. The molecule has 0 aliphatic rings. The molecule has 0 spiro atoms. The van der Waals surface area contributed by atoms with E-state index in [9.17, 15) is 14.7 Å². The second kappa shape index (κ2) is 4.22. The summed E-state index contributed by atoms with van der Waals surface area (Å²) in [4.78, 5) is 22.6. The van der Waals surface area contributed by atoms with Crippen molar-refractivity contribution in [1.29, 1.82) is 0 Å². The molecule has 0 bridgehead atoms. The number of carboxylic acid groups (broad SMARTS) is 1. The van der Waals surface area contributed by atoms with Gasteiger partial charge in [0, 0.05) is 6.92 Å². The van der Waals surface area contributed by atoms with Gasteiger partial charge in [0.1, 0.15) is 31.4 Å². The highest BCUT2D eigenvalue weighted by molar-refractivity contribution is 6.52. The summed E-state index contributed by atoms with van der Waals surface area (Å²) in [5.41, 5.74) is -1.28. The van der Waals surface area contributed by atoms with Crippen molar-refractivity contribution in [3.05, 3.63) is 0 Å². The van der Waals surface area contributed by atoms with E-state index in [-0.39, 0.29) is 11.2 Å². The number of hydrogen-bond donors (Lipinski definition) is 2. The molecular weight excluding hydrogens is 201 g/mol. The standard InChI is InChI=1S/C8H19B4NO3/c1-4(14)13-7(10,5(15)16)8(11,12)6(2,3)9/h9-12H2,1-3H3,(H,13,14)(H,15,16). The second-order valence-electron chi connectivity index (χ2n) is 5.99. The average Bonchev–Trinajstić information content (AvgIpc) is 1.99.